The van der Waals surface area contributed by atoms with Crippen molar-refractivity contribution >= 4 is 40.6 Å². The van der Waals surface area contributed by atoms with Gasteiger partial charge in [0.15, 0.2) is 5.16 Å². The van der Waals surface area contributed by atoms with Crippen molar-refractivity contribution < 1.29 is 18.9 Å². The molecule has 0 aliphatic carbocycles. The van der Waals surface area contributed by atoms with Crippen LogP contribution in [0.5, 0.6) is 0 Å². The summed E-state index contributed by atoms with van der Waals surface area (Å²) in [5.41, 5.74) is 0.934. The van der Waals surface area contributed by atoms with Crippen LogP contribution in [0.3, 0.4) is 0 Å². The second-order valence-corrected chi connectivity index (χ2v) is 7.32. The van der Waals surface area contributed by atoms with Gasteiger partial charge in [-0.25, -0.2) is 9.78 Å². The fraction of sp³-hybridized carbons (Fsp3) is 0.0455. The van der Waals surface area contributed by atoms with Crippen molar-refractivity contribution in [1.29, 1.82) is 0 Å². The Morgan fingerprint density at radius 3 is 2.66 bits per heavy atom. The highest BCUT2D eigenvalue weighted by atomic mass is 32.2. The summed E-state index contributed by atoms with van der Waals surface area (Å²) >= 11 is 1.13. The second-order valence-electron chi connectivity index (χ2n) is 6.45. The predicted molar refractivity (Wildman–Crippen MR) is 119 cm³/mol. The average molecular weight is 449 g/mol. The number of hydrogen-bond donors (Lipinski definition) is 0. The van der Waals surface area contributed by atoms with Crippen LogP contribution in [0.15, 0.2) is 80.4 Å². The molecule has 0 unspecified atom stereocenters. The van der Waals surface area contributed by atoms with Gasteiger partial charge in [-0.3, -0.25) is 19.5 Å². The third-order valence-corrected chi connectivity index (χ3v) is 5.23. The molecular formula is C22H15N3O6S. The third kappa shape index (κ3) is 4.16. The SMILES string of the molecule is COC(=O)c1ccc2c(=O)n(-c3ccccc3)c(S/C=C/c3ccc([N+](=O)[O-])o3)nc2c1. The molecule has 4 aromatic rings. The highest BCUT2D eigenvalue weighted by Crippen LogP contribution is 2.25. The summed E-state index contributed by atoms with van der Waals surface area (Å²) in [6.07, 6.45) is 1.54. The van der Waals surface area contributed by atoms with Gasteiger partial charge in [0.25, 0.3) is 5.56 Å². The number of rotatable bonds is 6. The van der Waals surface area contributed by atoms with Crippen LogP contribution in [0.2, 0.25) is 0 Å². The Morgan fingerprint density at radius 2 is 1.97 bits per heavy atom. The molecule has 0 amide bonds. The van der Waals surface area contributed by atoms with Gasteiger partial charge >= 0.3 is 11.9 Å². The molecule has 2 aromatic carbocycles. The van der Waals surface area contributed by atoms with E-state index in [2.05, 4.69) is 4.98 Å². The zero-order chi connectivity index (χ0) is 22.7. The predicted octanol–water partition coefficient (Wildman–Crippen LogP) is 4.44. The number of ether oxygens (including phenoxy) is 1. The smallest absolute Gasteiger partial charge is 0.433 e. The number of benzene rings is 2. The lowest BCUT2D eigenvalue weighted by molar-refractivity contribution is -0.402. The number of esters is 1. The molecule has 0 spiro atoms. The number of thioether (sulfide) groups is 1. The van der Waals surface area contributed by atoms with Crippen LogP contribution >= 0.6 is 11.8 Å². The fourth-order valence-electron chi connectivity index (χ4n) is 2.99. The van der Waals surface area contributed by atoms with Gasteiger partial charge in [-0.15, -0.1) is 0 Å². The molecule has 2 aromatic heterocycles. The molecule has 0 radical (unpaired) electrons. The maximum Gasteiger partial charge on any atom is 0.433 e. The zero-order valence-electron chi connectivity index (χ0n) is 16.6. The molecule has 4 rings (SSSR count). The topological polar surface area (TPSA) is 117 Å². The van der Waals surface area contributed by atoms with Crippen molar-refractivity contribution in [2.24, 2.45) is 0 Å². The molecule has 0 atom stereocenters. The quantitative estimate of drug-likeness (QED) is 0.139. The number of hydrogen-bond acceptors (Lipinski definition) is 8. The monoisotopic (exact) mass is 449 g/mol. The number of carbonyl (C=O) groups is 1. The highest BCUT2D eigenvalue weighted by molar-refractivity contribution is 8.02. The molecule has 0 N–H and O–H groups in total. The summed E-state index contributed by atoms with van der Waals surface area (Å²) in [6.45, 7) is 0. The lowest BCUT2D eigenvalue weighted by Gasteiger charge is -2.12. The second kappa shape index (κ2) is 8.90. The maximum atomic E-state index is 13.3. The maximum absolute atomic E-state index is 13.3. The summed E-state index contributed by atoms with van der Waals surface area (Å²) in [7, 11) is 1.28. The van der Waals surface area contributed by atoms with E-state index >= 15 is 0 Å². The normalized spacial score (nSPS) is 11.2. The number of nitro groups is 1. The molecule has 0 aliphatic rings. The number of furan rings is 1. The van der Waals surface area contributed by atoms with Crippen molar-refractivity contribution in [3.63, 3.8) is 0 Å². The first kappa shape index (κ1) is 21.1. The Balaban J connectivity index is 1.80. The van der Waals surface area contributed by atoms with Crippen LogP contribution in [-0.4, -0.2) is 27.6 Å². The molecule has 10 heteroatoms. The average Bonchev–Trinajstić information content (AvgIpc) is 3.28. The van der Waals surface area contributed by atoms with E-state index in [1.165, 1.54) is 42.0 Å². The van der Waals surface area contributed by atoms with Crippen molar-refractivity contribution in [3.05, 3.63) is 97.9 Å². The van der Waals surface area contributed by atoms with Gasteiger partial charge in [0, 0.05) is 0 Å². The first-order valence-electron chi connectivity index (χ1n) is 9.26. The molecule has 32 heavy (non-hydrogen) atoms. The van der Waals surface area contributed by atoms with E-state index in [1.807, 2.05) is 6.07 Å². The van der Waals surface area contributed by atoms with Crippen LogP contribution in [-0.2, 0) is 4.74 Å². The highest BCUT2D eigenvalue weighted by Gasteiger charge is 2.15. The fourth-order valence-corrected chi connectivity index (χ4v) is 3.75. The van der Waals surface area contributed by atoms with E-state index < -0.39 is 10.9 Å². The van der Waals surface area contributed by atoms with Crippen molar-refractivity contribution in [1.82, 2.24) is 9.55 Å². The van der Waals surface area contributed by atoms with Crippen molar-refractivity contribution in [2.45, 2.75) is 5.16 Å². The minimum absolute atomic E-state index is 0.277. The summed E-state index contributed by atoms with van der Waals surface area (Å²) in [5.74, 6) is -0.615. The lowest BCUT2D eigenvalue weighted by atomic mass is 10.1. The van der Waals surface area contributed by atoms with Crippen molar-refractivity contribution in [2.75, 3.05) is 7.11 Å². The molecule has 0 saturated carbocycles. The Bertz CT molecular complexity index is 1410. The Kier molecular flexibility index (Phi) is 5.86. The number of methoxy groups -OCH3 is 1. The summed E-state index contributed by atoms with van der Waals surface area (Å²) < 4.78 is 11.3. The van der Waals surface area contributed by atoms with Gasteiger partial charge in [0.05, 0.1) is 35.3 Å². The molecule has 160 valence electrons. The Labute approximate surface area is 185 Å². The van der Waals surface area contributed by atoms with E-state index in [4.69, 9.17) is 9.15 Å². The molecule has 0 fully saturated rings. The Morgan fingerprint density at radius 1 is 1.19 bits per heavy atom. The minimum atomic E-state index is -0.624. The molecule has 9 nitrogen and oxygen atoms in total. The van der Waals surface area contributed by atoms with Crippen LogP contribution in [0, 0.1) is 10.1 Å². The van der Waals surface area contributed by atoms with Crippen LogP contribution in [0.4, 0.5) is 5.88 Å². The lowest BCUT2D eigenvalue weighted by Crippen LogP contribution is -2.21. The standard InChI is InChI=1S/C22H15N3O6S/c1-30-21(27)14-7-9-17-18(13-14)23-22(24(20(17)26)15-5-3-2-4-6-15)32-12-11-16-8-10-19(31-16)25(28)29/h2-13H,1H3/b12-11+. The zero-order valence-corrected chi connectivity index (χ0v) is 17.4. The first-order chi connectivity index (χ1) is 15.5. The van der Waals surface area contributed by atoms with E-state index in [0.717, 1.165) is 11.8 Å². The Hall–Kier alpha value is -4.18. The minimum Gasteiger partial charge on any atom is -0.465 e. The number of fused-ring (bicyclic) bond motifs is 1. The van der Waals surface area contributed by atoms with Crippen molar-refractivity contribution in [3.8, 4) is 5.69 Å². The van der Waals surface area contributed by atoms with E-state index in [-0.39, 0.29) is 22.8 Å². The third-order valence-electron chi connectivity index (χ3n) is 4.47. The van der Waals surface area contributed by atoms with E-state index in [9.17, 15) is 19.7 Å². The van der Waals surface area contributed by atoms with Crippen LogP contribution < -0.4 is 5.56 Å². The summed E-state index contributed by atoms with van der Waals surface area (Å²) in [4.78, 5) is 39.9. The molecule has 2 heterocycles. The summed E-state index contributed by atoms with van der Waals surface area (Å²) in [5, 5.41) is 13.1. The first-order valence-corrected chi connectivity index (χ1v) is 10.1. The number of carbonyl (C=O) groups excluding carboxylic acids is 1. The van der Waals surface area contributed by atoms with Gasteiger partial charge in [0.2, 0.25) is 0 Å². The van der Waals surface area contributed by atoms with E-state index in [0.29, 0.717) is 21.7 Å². The van der Waals surface area contributed by atoms with Gasteiger partial charge < -0.3 is 9.15 Å². The largest absolute Gasteiger partial charge is 0.465 e. The molecular weight excluding hydrogens is 434 g/mol. The molecule has 0 saturated heterocycles. The number of para-hydroxylation sites is 1. The van der Waals surface area contributed by atoms with Crippen LogP contribution in [0.1, 0.15) is 16.1 Å². The number of aromatic nitrogens is 2. The van der Waals surface area contributed by atoms with Gasteiger partial charge in [-0.05, 0) is 47.9 Å². The van der Waals surface area contributed by atoms with E-state index in [1.54, 1.807) is 35.7 Å². The van der Waals surface area contributed by atoms with Gasteiger partial charge in [-0.1, -0.05) is 30.0 Å². The molecule has 0 aliphatic heterocycles. The van der Waals surface area contributed by atoms with Crippen LogP contribution in [0.25, 0.3) is 22.7 Å². The number of nitrogens with zero attached hydrogens (tertiary/aromatic N) is 3. The van der Waals surface area contributed by atoms with Gasteiger partial charge in [-0.2, -0.15) is 0 Å². The summed E-state index contributed by atoms with van der Waals surface area (Å²) in [6, 6.07) is 16.3. The molecule has 0 bridgehead atoms. The van der Waals surface area contributed by atoms with Gasteiger partial charge in [0.1, 0.15) is 10.7 Å².